The van der Waals surface area contributed by atoms with Gasteiger partial charge in [0.2, 0.25) is 0 Å². The minimum atomic E-state index is -4.77. The van der Waals surface area contributed by atoms with Gasteiger partial charge < -0.3 is 14.8 Å². The molecule has 4 nitrogen and oxygen atoms in total. The van der Waals surface area contributed by atoms with E-state index in [1.165, 1.54) is 14.0 Å². The van der Waals surface area contributed by atoms with Crippen molar-refractivity contribution < 1.29 is 40.6 Å². The number of hydrogen-bond acceptors (Lipinski definition) is 4. The second-order valence-corrected chi connectivity index (χ2v) is 11.6. The minimum Gasteiger partial charge on any atom is -0.487 e. The van der Waals surface area contributed by atoms with Crippen molar-refractivity contribution >= 4 is 5.97 Å². The summed E-state index contributed by atoms with van der Waals surface area (Å²) >= 11 is 0. The molecule has 3 unspecified atom stereocenters. The van der Waals surface area contributed by atoms with E-state index in [0.29, 0.717) is 37.0 Å². The maximum absolute atomic E-state index is 13.6. The molecule has 0 bridgehead atoms. The van der Waals surface area contributed by atoms with E-state index in [4.69, 9.17) is 9.47 Å². The maximum Gasteiger partial charge on any atom is 0.416 e. The summed E-state index contributed by atoms with van der Waals surface area (Å²) in [6.07, 6.45) is -4.80. The lowest BCUT2D eigenvalue weighted by Crippen LogP contribution is -2.58. The summed E-state index contributed by atoms with van der Waals surface area (Å²) < 4.78 is 92.0. The Labute approximate surface area is 229 Å². The summed E-state index contributed by atoms with van der Waals surface area (Å²) in [4.78, 5) is 12.3. The lowest BCUT2D eigenvalue weighted by atomic mass is 9.70. The Kier molecular flexibility index (Phi) is 7.38. The van der Waals surface area contributed by atoms with Crippen LogP contribution < -0.4 is 10.1 Å². The molecule has 0 aromatic heterocycles. The molecule has 218 valence electrons. The van der Waals surface area contributed by atoms with Crippen molar-refractivity contribution in [2.75, 3.05) is 7.11 Å². The van der Waals surface area contributed by atoms with Crippen molar-refractivity contribution in [1.82, 2.24) is 5.32 Å². The fourth-order valence-corrected chi connectivity index (χ4v) is 6.53. The average Bonchev–Trinajstić information content (AvgIpc) is 3.70. The fourth-order valence-electron chi connectivity index (χ4n) is 6.53. The first kappa shape index (κ1) is 28.8. The highest BCUT2D eigenvalue weighted by atomic mass is 19.4. The van der Waals surface area contributed by atoms with E-state index in [2.05, 4.69) is 11.4 Å². The molecule has 0 amide bonds. The van der Waals surface area contributed by atoms with Gasteiger partial charge in [0.05, 0.1) is 24.2 Å². The standard InChI is InChI=1S/C30H33F6NO3/c1-16(27(38)39-3)26(19-5-6-19)20-7-4-18-10-11-28(40-25(18)12-20)14-22(15-28)37-17(2)23-13-21(29(31,32)33)8-9-24(23)30(34,35)36/h4,7-9,12-13,16-17,19,22,26,37H,5-6,10-11,14-15H2,1-3H3. The minimum absolute atomic E-state index is 0.0335. The number of nitrogens with one attached hydrogen (secondary N) is 1. The van der Waals surface area contributed by atoms with Crippen LogP contribution in [0, 0.1) is 11.8 Å². The van der Waals surface area contributed by atoms with Crippen LogP contribution in [-0.2, 0) is 28.3 Å². The molecule has 3 atom stereocenters. The number of benzene rings is 2. The van der Waals surface area contributed by atoms with Gasteiger partial charge in [-0.25, -0.2) is 0 Å². The lowest BCUT2D eigenvalue weighted by Gasteiger charge is -2.51. The van der Waals surface area contributed by atoms with Gasteiger partial charge in [0, 0.05) is 24.9 Å². The van der Waals surface area contributed by atoms with Gasteiger partial charge >= 0.3 is 18.3 Å². The molecule has 2 aromatic rings. The molecule has 10 heteroatoms. The first-order chi connectivity index (χ1) is 18.7. The van der Waals surface area contributed by atoms with Gasteiger partial charge in [0.15, 0.2) is 0 Å². The molecule has 2 fully saturated rings. The molecular weight excluding hydrogens is 536 g/mol. The number of hydrogen-bond donors (Lipinski definition) is 1. The van der Waals surface area contributed by atoms with Crippen LogP contribution in [-0.4, -0.2) is 24.7 Å². The predicted molar refractivity (Wildman–Crippen MR) is 136 cm³/mol. The number of rotatable bonds is 7. The number of methoxy groups -OCH3 is 1. The smallest absolute Gasteiger partial charge is 0.416 e. The summed E-state index contributed by atoms with van der Waals surface area (Å²) in [5.74, 6) is 0.676. The van der Waals surface area contributed by atoms with Gasteiger partial charge in [-0.2, -0.15) is 26.3 Å². The SMILES string of the molecule is COC(=O)C(C)C(c1ccc2c(c1)OC1(CC2)CC(NC(C)c2cc(C(F)(F)F)ccc2C(F)(F)F)C1)C1CC1. The second kappa shape index (κ2) is 10.3. The van der Waals surface area contributed by atoms with E-state index in [1.807, 2.05) is 19.1 Å². The zero-order valence-corrected chi connectivity index (χ0v) is 22.6. The number of aryl methyl sites for hydroxylation is 1. The van der Waals surface area contributed by atoms with Crippen LogP contribution in [0.2, 0.25) is 0 Å². The molecule has 40 heavy (non-hydrogen) atoms. The van der Waals surface area contributed by atoms with Gasteiger partial charge in [-0.15, -0.1) is 0 Å². The number of ether oxygens (including phenoxy) is 2. The van der Waals surface area contributed by atoms with E-state index in [-0.39, 0.29) is 23.8 Å². The summed E-state index contributed by atoms with van der Waals surface area (Å²) in [6, 6.07) is 6.54. The molecule has 0 saturated heterocycles. The van der Waals surface area contributed by atoms with Crippen molar-refractivity contribution in [2.45, 2.75) is 88.3 Å². The van der Waals surface area contributed by atoms with Crippen LogP contribution in [0.15, 0.2) is 36.4 Å². The van der Waals surface area contributed by atoms with E-state index in [9.17, 15) is 31.1 Å². The largest absolute Gasteiger partial charge is 0.487 e. The van der Waals surface area contributed by atoms with Gasteiger partial charge in [-0.3, -0.25) is 4.79 Å². The first-order valence-electron chi connectivity index (χ1n) is 13.6. The van der Waals surface area contributed by atoms with Crippen LogP contribution in [0.1, 0.15) is 85.7 Å². The Balaban J connectivity index is 1.29. The molecule has 2 aliphatic carbocycles. The Morgan fingerprint density at radius 2 is 1.73 bits per heavy atom. The second-order valence-electron chi connectivity index (χ2n) is 11.6. The highest BCUT2D eigenvalue weighted by Gasteiger charge is 2.49. The Morgan fingerprint density at radius 3 is 2.33 bits per heavy atom. The monoisotopic (exact) mass is 569 g/mol. The molecule has 1 spiro atoms. The summed E-state index contributed by atoms with van der Waals surface area (Å²) in [6.45, 7) is 3.34. The molecular formula is C30H33F6NO3. The van der Waals surface area contributed by atoms with Crippen molar-refractivity contribution in [1.29, 1.82) is 0 Å². The Morgan fingerprint density at radius 1 is 1.02 bits per heavy atom. The molecule has 3 aliphatic rings. The number of alkyl halides is 6. The number of esters is 1. The Bertz CT molecular complexity index is 1260. The van der Waals surface area contributed by atoms with Gasteiger partial charge in [-0.1, -0.05) is 19.1 Å². The third-order valence-corrected chi connectivity index (χ3v) is 8.77. The topological polar surface area (TPSA) is 47.6 Å². The average molecular weight is 570 g/mol. The molecule has 5 rings (SSSR count). The number of halogens is 6. The normalized spacial score (nSPS) is 24.9. The third-order valence-electron chi connectivity index (χ3n) is 8.77. The van der Waals surface area contributed by atoms with Crippen LogP contribution in [0.25, 0.3) is 0 Å². The molecule has 1 aliphatic heterocycles. The van der Waals surface area contributed by atoms with E-state index in [1.54, 1.807) is 0 Å². The van der Waals surface area contributed by atoms with Crippen molar-refractivity contribution in [2.24, 2.45) is 11.8 Å². The zero-order chi connectivity index (χ0) is 29.0. The van der Waals surface area contributed by atoms with Gasteiger partial charge in [0.25, 0.3) is 0 Å². The predicted octanol–water partition coefficient (Wildman–Crippen LogP) is 7.60. The highest BCUT2D eigenvalue weighted by molar-refractivity contribution is 5.73. The lowest BCUT2D eigenvalue weighted by molar-refractivity contribution is -0.146. The van der Waals surface area contributed by atoms with Crippen LogP contribution >= 0.6 is 0 Å². The summed E-state index contributed by atoms with van der Waals surface area (Å²) in [5.41, 5.74) is -0.985. The number of carbonyl (C=O) groups is 1. The zero-order valence-electron chi connectivity index (χ0n) is 22.6. The summed E-state index contributed by atoms with van der Waals surface area (Å²) in [7, 11) is 1.39. The van der Waals surface area contributed by atoms with Crippen LogP contribution in [0.4, 0.5) is 26.3 Å². The molecule has 1 N–H and O–H groups in total. The molecule has 2 aromatic carbocycles. The quantitative estimate of drug-likeness (QED) is 0.276. The third kappa shape index (κ3) is 5.69. The van der Waals surface area contributed by atoms with Crippen LogP contribution in [0.5, 0.6) is 5.75 Å². The van der Waals surface area contributed by atoms with E-state index in [0.717, 1.165) is 42.6 Å². The first-order valence-corrected chi connectivity index (χ1v) is 13.6. The summed E-state index contributed by atoms with van der Waals surface area (Å²) in [5, 5.41) is 3.11. The van der Waals surface area contributed by atoms with Crippen molar-refractivity contribution in [3.63, 3.8) is 0 Å². The van der Waals surface area contributed by atoms with Crippen molar-refractivity contribution in [3.05, 3.63) is 64.2 Å². The molecule has 0 radical (unpaired) electrons. The van der Waals surface area contributed by atoms with E-state index >= 15 is 0 Å². The highest BCUT2D eigenvalue weighted by Crippen LogP contribution is 2.50. The number of fused-ring (bicyclic) bond motifs is 1. The maximum atomic E-state index is 13.6. The van der Waals surface area contributed by atoms with E-state index < -0.39 is 40.7 Å². The van der Waals surface area contributed by atoms with Crippen molar-refractivity contribution in [3.8, 4) is 5.75 Å². The molecule has 1 heterocycles. The Hall–Kier alpha value is -2.75. The van der Waals surface area contributed by atoms with Gasteiger partial charge in [-0.05, 0) is 85.4 Å². The fraction of sp³-hybridized carbons (Fsp3) is 0.567. The number of carbonyl (C=O) groups excluding carboxylic acids is 1. The van der Waals surface area contributed by atoms with Gasteiger partial charge in [0.1, 0.15) is 11.4 Å². The van der Waals surface area contributed by atoms with Crippen LogP contribution in [0.3, 0.4) is 0 Å². The molecule has 2 saturated carbocycles.